The first-order valence-corrected chi connectivity index (χ1v) is 6.18. The number of hydrogen-bond donors (Lipinski definition) is 1. The fourth-order valence-corrected chi connectivity index (χ4v) is 2.91. The van der Waals surface area contributed by atoms with Gasteiger partial charge in [0.15, 0.2) is 0 Å². The fourth-order valence-electron chi connectivity index (χ4n) is 1.95. The molecule has 2 N–H and O–H groups in total. The number of aromatic nitrogens is 2. The van der Waals surface area contributed by atoms with Crippen LogP contribution in [0, 0.1) is 0 Å². The van der Waals surface area contributed by atoms with Crippen LogP contribution in [-0.2, 0) is 0 Å². The molecule has 1 aromatic heterocycles. The minimum absolute atomic E-state index is 0.0323. The molecule has 1 saturated carbocycles. The quantitative estimate of drug-likeness (QED) is 0.818. The van der Waals surface area contributed by atoms with Crippen LogP contribution < -0.4 is 5.73 Å². The van der Waals surface area contributed by atoms with Gasteiger partial charge in [-0.2, -0.15) is 0 Å². The molecule has 0 amide bonds. The Bertz CT molecular complexity index is 289. The highest BCUT2D eigenvalue weighted by atomic mass is 32.1. The second-order valence-electron chi connectivity index (χ2n) is 4.10. The average molecular weight is 211 g/mol. The van der Waals surface area contributed by atoms with Crippen molar-refractivity contribution in [3.63, 3.8) is 0 Å². The Balaban J connectivity index is 2.07. The third-order valence-corrected chi connectivity index (χ3v) is 4.09. The van der Waals surface area contributed by atoms with Gasteiger partial charge in [0.1, 0.15) is 10.0 Å². The molecule has 1 heterocycles. The predicted molar refractivity (Wildman–Crippen MR) is 58.3 cm³/mol. The van der Waals surface area contributed by atoms with Gasteiger partial charge in [0.25, 0.3) is 0 Å². The lowest BCUT2D eigenvalue weighted by atomic mass is 9.90. The van der Waals surface area contributed by atoms with E-state index in [9.17, 15) is 0 Å². The lowest BCUT2D eigenvalue weighted by molar-refractivity contribution is 0.440. The van der Waals surface area contributed by atoms with E-state index < -0.39 is 0 Å². The highest BCUT2D eigenvalue weighted by Crippen LogP contribution is 2.34. The summed E-state index contributed by atoms with van der Waals surface area (Å²) in [5.74, 6) is 0.661. The molecule has 1 aromatic rings. The van der Waals surface area contributed by atoms with Gasteiger partial charge >= 0.3 is 0 Å². The summed E-state index contributed by atoms with van der Waals surface area (Å²) in [6.45, 7) is 1.96. The molecule has 0 saturated heterocycles. The summed E-state index contributed by atoms with van der Waals surface area (Å²) < 4.78 is 0. The Labute approximate surface area is 88.7 Å². The maximum Gasteiger partial charge on any atom is 0.133 e. The fraction of sp³-hybridized carbons (Fsp3) is 0.800. The van der Waals surface area contributed by atoms with Gasteiger partial charge in [-0.3, -0.25) is 0 Å². The van der Waals surface area contributed by atoms with Crippen molar-refractivity contribution in [2.24, 2.45) is 5.73 Å². The molecule has 1 aliphatic carbocycles. The van der Waals surface area contributed by atoms with Crippen LogP contribution in [0.2, 0.25) is 0 Å². The second kappa shape index (κ2) is 4.36. The maximum atomic E-state index is 5.76. The molecule has 0 spiro atoms. The molecule has 1 fully saturated rings. The predicted octanol–water partition coefficient (Wildman–Crippen LogP) is 2.61. The van der Waals surface area contributed by atoms with Gasteiger partial charge < -0.3 is 5.73 Å². The first-order valence-electron chi connectivity index (χ1n) is 5.36. The van der Waals surface area contributed by atoms with Crippen molar-refractivity contribution in [1.29, 1.82) is 0 Å². The maximum absolute atomic E-state index is 5.76. The number of hydrogen-bond acceptors (Lipinski definition) is 4. The van der Waals surface area contributed by atoms with Crippen LogP contribution in [0.15, 0.2) is 0 Å². The Kier molecular flexibility index (Phi) is 3.13. The Hall–Kier alpha value is -0.480. The third kappa shape index (κ3) is 2.12. The van der Waals surface area contributed by atoms with E-state index in [-0.39, 0.29) is 6.04 Å². The largest absolute Gasteiger partial charge is 0.322 e. The van der Waals surface area contributed by atoms with Crippen molar-refractivity contribution >= 4 is 11.3 Å². The van der Waals surface area contributed by atoms with Crippen molar-refractivity contribution in [2.45, 2.75) is 51.0 Å². The van der Waals surface area contributed by atoms with Crippen LogP contribution in [-0.4, -0.2) is 10.2 Å². The van der Waals surface area contributed by atoms with Crippen molar-refractivity contribution in [3.8, 4) is 0 Å². The molecule has 78 valence electrons. The van der Waals surface area contributed by atoms with Gasteiger partial charge in [-0.15, -0.1) is 10.2 Å². The zero-order valence-corrected chi connectivity index (χ0v) is 9.39. The van der Waals surface area contributed by atoms with E-state index >= 15 is 0 Å². The topological polar surface area (TPSA) is 51.8 Å². The summed E-state index contributed by atoms with van der Waals surface area (Å²) in [6.07, 6.45) is 6.64. The lowest BCUT2D eigenvalue weighted by Gasteiger charge is -2.18. The van der Waals surface area contributed by atoms with Crippen molar-refractivity contribution in [2.75, 3.05) is 0 Å². The monoisotopic (exact) mass is 211 g/mol. The Morgan fingerprint density at radius 2 is 2.00 bits per heavy atom. The first kappa shape index (κ1) is 10.1. The van der Waals surface area contributed by atoms with Crippen LogP contribution in [0.5, 0.6) is 0 Å². The minimum Gasteiger partial charge on any atom is -0.322 e. The summed E-state index contributed by atoms with van der Waals surface area (Å²) in [5, 5.41) is 10.6. The molecule has 1 unspecified atom stereocenters. The van der Waals surface area contributed by atoms with Crippen LogP contribution in [0.1, 0.15) is 61.0 Å². The number of nitrogens with zero attached hydrogens (tertiary/aromatic N) is 2. The molecule has 2 rings (SSSR count). The Morgan fingerprint density at radius 1 is 1.29 bits per heavy atom. The van der Waals surface area contributed by atoms with Crippen molar-refractivity contribution in [3.05, 3.63) is 10.0 Å². The Morgan fingerprint density at radius 3 is 2.57 bits per heavy atom. The molecule has 0 bridgehead atoms. The molecule has 1 atom stereocenters. The standard InChI is InChI=1S/C10H17N3S/c1-7(11)9-12-13-10(14-9)8-5-3-2-4-6-8/h7-8H,2-6,11H2,1H3. The van der Waals surface area contributed by atoms with Gasteiger partial charge in [-0.1, -0.05) is 30.6 Å². The normalized spacial score (nSPS) is 21.0. The number of nitrogens with two attached hydrogens (primary N) is 1. The molecule has 0 aromatic carbocycles. The zero-order valence-electron chi connectivity index (χ0n) is 8.57. The average Bonchev–Trinajstić information content (AvgIpc) is 2.68. The van der Waals surface area contributed by atoms with E-state index in [1.165, 1.54) is 37.1 Å². The van der Waals surface area contributed by atoms with E-state index in [2.05, 4.69) is 10.2 Å². The number of rotatable bonds is 2. The van der Waals surface area contributed by atoms with Crippen molar-refractivity contribution < 1.29 is 0 Å². The highest BCUT2D eigenvalue weighted by Gasteiger charge is 2.20. The smallest absolute Gasteiger partial charge is 0.133 e. The lowest BCUT2D eigenvalue weighted by Crippen LogP contribution is -2.03. The van der Waals surface area contributed by atoms with E-state index in [1.54, 1.807) is 11.3 Å². The van der Waals surface area contributed by atoms with Gasteiger partial charge in [-0.05, 0) is 19.8 Å². The summed E-state index contributed by atoms with van der Waals surface area (Å²) in [4.78, 5) is 0. The van der Waals surface area contributed by atoms with E-state index in [4.69, 9.17) is 5.73 Å². The van der Waals surface area contributed by atoms with Gasteiger partial charge in [0.05, 0.1) is 6.04 Å². The molecule has 14 heavy (non-hydrogen) atoms. The van der Waals surface area contributed by atoms with Crippen LogP contribution in [0.3, 0.4) is 0 Å². The van der Waals surface area contributed by atoms with Gasteiger partial charge in [0.2, 0.25) is 0 Å². The summed E-state index contributed by atoms with van der Waals surface area (Å²) in [6, 6.07) is 0.0323. The molecule has 3 nitrogen and oxygen atoms in total. The second-order valence-corrected chi connectivity index (χ2v) is 5.14. The van der Waals surface area contributed by atoms with Crippen LogP contribution in [0.4, 0.5) is 0 Å². The molecular weight excluding hydrogens is 194 g/mol. The molecule has 4 heteroatoms. The van der Waals surface area contributed by atoms with Gasteiger partial charge in [0, 0.05) is 5.92 Å². The zero-order chi connectivity index (χ0) is 9.97. The van der Waals surface area contributed by atoms with E-state index in [1.807, 2.05) is 6.92 Å². The summed E-state index contributed by atoms with van der Waals surface area (Å²) >= 11 is 1.70. The summed E-state index contributed by atoms with van der Waals surface area (Å²) in [5.41, 5.74) is 5.76. The molecule has 0 radical (unpaired) electrons. The van der Waals surface area contributed by atoms with Crippen LogP contribution in [0.25, 0.3) is 0 Å². The van der Waals surface area contributed by atoms with Crippen LogP contribution >= 0.6 is 11.3 Å². The molecular formula is C10H17N3S. The minimum atomic E-state index is 0.0323. The summed E-state index contributed by atoms with van der Waals surface area (Å²) in [7, 11) is 0. The first-order chi connectivity index (χ1) is 6.77. The third-order valence-electron chi connectivity index (χ3n) is 2.80. The van der Waals surface area contributed by atoms with E-state index in [0.29, 0.717) is 5.92 Å². The van der Waals surface area contributed by atoms with Crippen molar-refractivity contribution in [1.82, 2.24) is 10.2 Å². The SMILES string of the molecule is CC(N)c1nnc(C2CCCCC2)s1. The molecule has 1 aliphatic rings. The van der Waals surface area contributed by atoms with E-state index in [0.717, 1.165) is 5.01 Å². The highest BCUT2D eigenvalue weighted by molar-refractivity contribution is 7.11. The molecule has 0 aliphatic heterocycles. The van der Waals surface area contributed by atoms with Gasteiger partial charge in [-0.25, -0.2) is 0 Å².